The van der Waals surface area contributed by atoms with Crippen molar-refractivity contribution in [3.8, 4) is 11.1 Å². The second-order valence-electron chi connectivity index (χ2n) is 11.3. The predicted octanol–water partition coefficient (Wildman–Crippen LogP) is 10.8. The van der Waals surface area contributed by atoms with Crippen LogP contribution in [0.1, 0.15) is 30.5 Å². The van der Waals surface area contributed by atoms with E-state index in [1.54, 1.807) is 0 Å². The van der Waals surface area contributed by atoms with Gasteiger partial charge >= 0.3 is 0 Å². The first-order valence-corrected chi connectivity index (χ1v) is 13.8. The Balaban J connectivity index is 1.48. The highest BCUT2D eigenvalue weighted by Gasteiger charge is 2.35. The topological polar surface area (TPSA) is 0 Å². The second kappa shape index (κ2) is 8.16. The summed E-state index contributed by atoms with van der Waals surface area (Å²) in [5.41, 5.74) is 7.99. The molecule has 8 rings (SSSR count). The minimum Gasteiger partial charge on any atom is -0.0619 e. The highest BCUT2D eigenvalue weighted by Crippen LogP contribution is 2.51. The molecule has 7 aromatic carbocycles. The van der Waals surface area contributed by atoms with Gasteiger partial charge < -0.3 is 0 Å². The maximum atomic E-state index is 2.42. The molecule has 0 heterocycles. The molecule has 0 aliphatic heterocycles. The summed E-state index contributed by atoms with van der Waals surface area (Å²) in [6, 6.07) is 47.0. The third-order valence-corrected chi connectivity index (χ3v) is 8.84. The molecule has 0 N–H and O–H groups in total. The van der Waals surface area contributed by atoms with Crippen molar-refractivity contribution in [3.63, 3.8) is 0 Å². The van der Waals surface area contributed by atoms with E-state index in [0.29, 0.717) is 0 Å². The molecule has 0 nitrogen and oxygen atoms in total. The highest BCUT2D eigenvalue weighted by atomic mass is 14.4. The molecule has 0 aromatic heterocycles. The molecule has 184 valence electrons. The Kier molecular flexibility index (Phi) is 4.67. The van der Waals surface area contributed by atoms with Gasteiger partial charge in [-0.1, -0.05) is 135 Å². The van der Waals surface area contributed by atoms with Crippen molar-refractivity contribution < 1.29 is 0 Å². The van der Waals surface area contributed by atoms with Gasteiger partial charge in [0.15, 0.2) is 0 Å². The van der Waals surface area contributed by atoms with Gasteiger partial charge in [0.05, 0.1) is 0 Å². The van der Waals surface area contributed by atoms with Crippen molar-refractivity contribution in [2.24, 2.45) is 0 Å². The third-order valence-electron chi connectivity index (χ3n) is 8.84. The lowest BCUT2D eigenvalue weighted by Crippen LogP contribution is -2.16. The van der Waals surface area contributed by atoms with Gasteiger partial charge in [-0.25, -0.2) is 0 Å². The van der Waals surface area contributed by atoms with Gasteiger partial charge in [0.2, 0.25) is 0 Å². The SMILES string of the molecule is CC1(C)C(c2c3ccccc3c(-c3ccc4ccc5ccccc5c4c3)c3ccccc23)=Cc2ccccc21. The minimum absolute atomic E-state index is 0.0779. The molecule has 0 amide bonds. The van der Waals surface area contributed by atoms with Crippen LogP contribution in [0.4, 0.5) is 0 Å². The summed E-state index contributed by atoms with van der Waals surface area (Å²) in [6.07, 6.45) is 2.42. The van der Waals surface area contributed by atoms with E-state index in [9.17, 15) is 0 Å². The predicted molar refractivity (Wildman–Crippen MR) is 169 cm³/mol. The van der Waals surface area contributed by atoms with Crippen molar-refractivity contribution in [2.75, 3.05) is 0 Å². The lowest BCUT2D eigenvalue weighted by Gasteiger charge is -2.28. The van der Waals surface area contributed by atoms with Crippen LogP contribution in [0.15, 0.2) is 127 Å². The van der Waals surface area contributed by atoms with E-state index in [0.717, 1.165) is 0 Å². The van der Waals surface area contributed by atoms with Crippen LogP contribution in [0, 0.1) is 0 Å². The molecule has 0 unspecified atom stereocenters. The van der Waals surface area contributed by atoms with Crippen LogP contribution >= 0.6 is 0 Å². The Morgan fingerprint density at radius 3 is 1.62 bits per heavy atom. The van der Waals surface area contributed by atoms with Crippen molar-refractivity contribution in [3.05, 3.63) is 144 Å². The monoisotopic (exact) mass is 496 g/mol. The van der Waals surface area contributed by atoms with Crippen molar-refractivity contribution in [1.82, 2.24) is 0 Å². The van der Waals surface area contributed by atoms with Crippen LogP contribution in [-0.4, -0.2) is 0 Å². The molecule has 0 saturated heterocycles. The summed E-state index contributed by atoms with van der Waals surface area (Å²) in [7, 11) is 0. The smallest absolute Gasteiger partial charge is 0.0159 e. The first-order chi connectivity index (χ1) is 19.1. The summed E-state index contributed by atoms with van der Waals surface area (Å²) in [5, 5.41) is 10.4. The van der Waals surface area contributed by atoms with Crippen LogP contribution in [-0.2, 0) is 5.41 Å². The van der Waals surface area contributed by atoms with Crippen LogP contribution in [0.2, 0.25) is 0 Å². The third kappa shape index (κ3) is 3.18. The van der Waals surface area contributed by atoms with Crippen molar-refractivity contribution in [2.45, 2.75) is 19.3 Å². The number of rotatable bonds is 2. The summed E-state index contributed by atoms with van der Waals surface area (Å²) in [4.78, 5) is 0. The largest absolute Gasteiger partial charge is 0.0619 e. The Morgan fingerprint density at radius 2 is 0.949 bits per heavy atom. The molecule has 0 spiro atoms. The average Bonchev–Trinajstić information content (AvgIpc) is 3.25. The summed E-state index contributed by atoms with van der Waals surface area (Å²) in [6.45, 7) is 4.74. The Morgan fingerprint density at radius 1 is 0.436 bits per heavy atom. The maximum Gasteiger partial charge on any atom is 0.0159 e. The standard InChI is InChI=1S/C39H28/c1-39(2)35-18-10-4-12-27(35)24-36(39)38-32-16-8-6-14-30(32)37(31-15-7-9-17-33(31)38)28-22-21-26-20-19-25-11-3-5-13-29(25)34(26)23-28/h3-24H,1-2H3. The molecule has 0 saturated carbocycles. The van der Waals surface area contributed by atoms with Crippen LogP contribution < -0.4 is 0 Å². The van der Waals surface area contributed by atoms with Crippen LogP contribution in [0.3, 0.4) is 0 Å². The molecule has 0 radical (unpaired) electrons. The molecule has 0 atom stereocenters. The minimum atomic E-state index is -0.0779. The van der Waals surface area contributed by atoms with Gasteiger partial charge in [0.25, 0.3) is 0 Å². The Hall–Kier alpha value is -4.68. The van der Waals surface area contributed by atoms with E-state index in [4.69, 9.17) is 0 Å². The zero-order chi connectivity index (χ0) is 26.1. The number of fused-ring (bicyclic) bond motifs is 6. The molecular weight excluding hydrogens is 468 g/mol. The highest BCUT2D eigenvalue weighted by molar-refractivity contribution is 6.22. The Bertz CT molecular complexity index is 2080. The molecule has 39 heavy (non-hydrogen) atoms. The van der Waals surface area contributed by atoms with Gasteiger partial charge in [0, 0.05) is 5.41 Å². The Labute approximate surface area is 228 Å². The summed E-state index contributed by atoms with van der Waals surface area (Å²) in [5.74, 6) is 0. The fourth-order valence-corrected chi connectivity index (χ4v) is 6.94. The number of hydrogen-bond acceptors (Lipinski definition) is 0. The zero-order valence-corrected chi connectivity index (χ0v) is 22.2. The molecule has 1 aliphatic rings. The van der Waals surface area contributed by atoms with E-state index in [2.05, 4.69) is 147 Å². The van der Waals surface area contributed by atoms with E-state index in [1.807, 2.05) is 0 Å². The molecule has 1 aliphatic carbocycles. The van der Waals surface area contributed by atoms with E-state index in [1.165, 1.54) is 76.5 Å². The first kappa shape index (κ1) is 22.3. The molecule has 0 heteroatoms. The summed E-state index contributed by atoms with van der Waals surface area (Å²) >= 11 is 0. The molecule has 0 bridgehead atoms. The lowest BCUT2D eigenvalue weighted by atomic mass is 9.75. The fraction of sp³-hybridized carbons (Fsp3) is 0.0769. The van der Waals surface area contributed by atoms with Gasteiger partial charge in [0.1, 0.15) is 0 Å². The van der Waals surface area contributed by atoms with E-state index in [-0.39, 0.29) is 5.41 Å². The number of hydrogen-bond donors (Lipinski definition) is 0. The van der Waals surface area contributed by atoms with Gasteiger partial charge in [-0.15, -0.1) is 0 Å². The first-order valence-electron chi connectivity index (χ1n) is 13.8. The fourth-order valence-electron chi connectivity index (χ4n) is 6.94. The maximum absolute atomic E-state index is 2.42. The van der Waals surface area contributed by atoms with Crippen molar-refractivity contribution in [1.29, 1.82) is 0 Å². The molecular formula is C39H28. The van der Waals surface area contributed by atoms with Gasteiger partial charge in [-0.05, 0) is 88.6 Å². The second-order valence-corrected chi connectivity index (χ2v) is 11.3. The molecule has 0 fully saturated rings. The van der Waals surface area contributed by atoms with E-state index < -0.39 is 0 Å². The van der Waals surface area contributed by atoms with E-state index >= 15 is 0 Å². The quantitative estimate of drug-likeness (QED) is 0.165. The average molecular weight is 497 g/mol. The van der Waals surface area contributed by atoms with Crippen LogP contribution in [0.25, 0.3) is 65.9 Å². The lowest BCUT2D eigenvalue weighted by molar-refractivity contribution is 0.705. The van der Waals surface area contributed by atoms with Crippen molar-refractivity contribution >= 4 is 54.7 Å². The molecule has 7 aromatic rings. The number of benzene rings is 7. The van der Waals surface area contributed by atoms with Crippen LogP contribution in [0.5, 0.6) is 0 Å². The summed E-state index contributed by atoms with van der Waals surface area (Å²) < 4.78 is 0. The normalized spacial score (nSPS) is 14.3. The van der Waals surface area contributed by atoms with Gasteiger partial charge in [-0.3, -0.25) is 0 Å². The zero-order valence-electron chi connectivity index (χ0n) is 22.2. The number of allylic oxidation sites excluding steroid dienone is 1. The van der Waals surface area contributed by atoms with Gasteiger partial charge in [-0.2, -0.15) is 0 Å².